The number of allylic oxidation sites excluding steroid dienone is 1. The summed E-state index contributed by atoms with van der Waals surface area (Å²) in [5.41, 5.74) is 0.848. The largest absolute Gasteiger partial charge is 0.480 e. The molecule has 0 aromatic heterocycles. The Balaban J connectivity index is 1.98. The highest BCUT2D eigenvalue weighted by Gasteiger charge is 2.31. The minimum absolute atomic E-state index is 0.302. The van der Waals surface area contributed by atoms with Crippen LogP contribution in [0.2, 0.25) is 5.02 Å². The number of carboxylic acid groups (broad SMARTS) is 1. The van der Waals surface area contributed by atoms with Crippen molar-refractivity contribution in [2.24, 2.45) is 0 Å². The third-order valence-electron chi connectivity index (χ3n) is 3.26. The Morgan fingerprint density at radius 2 is 2.33 bits per heavy atom. The Labute approximate surface area is 127 Å². The van der Waals surface area contributed by atoms with Crippen molar-refractivity contribution in [1.29, 1.82) is 0 Å². The first-order valence-electron chi connectivity index (χ1n) is 6.60. The highest BCUT2D eigenvalue weighted by Crippen LogP contribution is 2.31. The van der Waals surface area contributed by atoms with Crippen molar-refractivity contribution in [3.8, 4) is 5.75 Å². The zero-order valence-corrected chi connectivity index (χ0v) is 12.1. The Hall–Kier alpha value is -2.01. The van der Waals surface area contributed by atoms with Gasteiger partial charge in [0.25, 0.3) is 5.91 Å². The zero-order chi connectivity index (χ0) is 15.4. The molecule has 0 aliphatic carbocycles. The normalized spacial score (nSPS) is 17.5. The van der Waals surface area contributed by atoms with Crippen molar-refractivity contribution >= 4 is 23.5 Å². The van der Waals surface area contributed by atoms with Gasteiger partial charge >= 0.3 is 5.97 Å². The fourth-order valence-electron chi connectivity index (χ4n) is 2.17. The molecule has 2 atom stereocenters. The minimum atomic E-state index is -1.07. The van der Waals surface area contributed by atoms with E-state index in [0.29, 0.717) is 30.0 Å². The molecule has 5 nitrogen and oxygen atoms in total. The number of halogens is 1. The fraction of sp³-hybridized carbons (Fsp3) is 0.333. The van der Waals surface area contributed by atoms with Crippen LogP contribution in [0.3, 0.4) is 0 Å². The zero-order valence-electron chi connectivity index (χ0n) is 11.3. The molecule has 0 saturated heterocycles. The molecular formula is C15H16ClNO4. The van der Waals surface area contributed by atoms with Crippen molar-refractivity contribution in [2.75, 3.05) is 0 Å². The lowest BCUT2D eigenvalue weighted by Crippen LogP contribution is -2.46. The van der Waals surface area contributed by atoms with Crippen molar-refractivity contribution in [3.63, 3.8) is 0 Å². The second-order valence-electron chi connectivity index (χ2n) is 4.83. The summed E-state index contributed by atoms with van der Waals surface area (Å²) in [6, 6.07) is 4.20. The van der Waals surface area contributed by atoms with E-state index in [1.807, 2.05) is 0 Å². The molecule has 112 valence electrons. The SMILES string of the molecule is C=CCCC(NC(=O)C1Cc2cc(Cl)ccc2O1)C(=O)O. The van der Waals surface area contributed by atoms with Crippen LogP contribution in [0.5, 0.6) is 5.75 Å². The molecule has 1 aromatic rings. The lowest BCUT2D eigenvalue weighted by Gasteiger charge is -2.16. The first-order valence-corrected chi connectivity index (χ1v) is 6.98. The summed E-state index contributed by atoms with van der Waals surface area (Å²) < 4.78 is 5.53. The maximum absolute atomic E-state index is 12.1. The van der Waals surface area contributed by atoms with Crippen LogP contribution in [0.1, 0.15) is 18.4 Å². The number of fused-ring (bicyclic) bond motifs is 1. The molecule has 0 bridgehead atoms. The molecule has 2 N–H and O–H groups in total. The van der Waals surface area contributed by atoms with Crippen LogP contribution < -0.4 is 10.1 Å². The van der Waals surface area contributed by atoms with E-state index in [0.717, 1.165) is 5.56 Å². The van der Waals surface area contributed by atoms with Gasteiger partial charge in [-0.2, -0.15) is 0 Å². The fourth-order valence-corrected chi connectivity index (χ4v) is 2.36. The van der Waals surface area contributed by atoms with Gasteiger partial charge in [-0.25, -0.2) is 4.79 Å². The predicted molar refractivity (Wildman–Crippen MR) is 78.6 cm³/mol. The number of amides is 1. The lowest BCUT2D eigenvalue weighted by molar-refractivity contribution is -0.143. The number of hydrogen-bond donors (Lipinski definition) is 2. The summed E-state index contributed by atoms with van der Waals surface area (Å²) in [6.45, 7) is 3.54. The number of carboxylic acids is 1. The molecule has 1 heterocycles. The monoisotopic (exact) mass is 309 g/mol. The Morgan fingerprint density at radius 3 is 3.00 bits per heavy atom. The van der Waals surface area contributed by atoms with E-state index < -0.39 is 24.0 Å². The number of ether oxygens (including phenoxy) is 1. The molecule has 6 heteroatoms. The number of nitrogens with one attached hydrogen (secondary N) is 1. The number of rotatable bonds is 6. The first kappa shape index (κ1) is 15.4. The molecule has 21 heavy (non-hydrogen) atoms. The summed E-state index contributed by atoms with van der Waals surface area (Å²) in [5, 5.41) is 12.2. The van der Waals surface area contributed by atoms with Gasteiger partial charge in [-0.15, -0.1) is 6.58 Å². The van der Waals surface area contributed by atoms with E-state index in [-0.39, 0.29) is 0 Å². The van der Waals surface area contributed by atoms with E-state index in [9.17, 15) is 9.59 Å². The van der Waals surface area contributed by atoms with Crippen LogP contribution >= 0.6 is 11.6 Å². The van der Waals surface area contributed by atoms with Crippen LogP contribution in [-0.4, -0.2) is 29.1 Å². The van der Waals surface area contributed by atoms with E-state index in [1.54, 1.807) is 24.3 Å². The molecule has 1 amide bonds. The number of carbonyl (C=O) groups is 2. The highest BCUT2D eigenvalue weighted by atomic mass is 35.5. The maximum Gasteiger partial charge on any atom is 0.326 e. The van der Waals surface area contributed by atoms with Crippen molar-refractivity contribution in [2.45, 2.75) is 31.4 Å². The van der Waals surface area contributed by atoms with Gasteiger partial charge in [-0.05, 0) is 36.6 Å². The maximum atomic E-state index is 12.1. The summed E-state index contributed by atoms with van der Waals surface area (Å²) in [4.78, 5) is 23.2. The quantitative estimate of drug-likeness (QED) is 0.790. The second kappa shape index (κ2) is 6.63. The number of hydrogen-bond acceptors (Lipinski definition) is 3. The predicted octanol–water partition coefficient (Wildman–Crippen LogP) is 2.18. The third kappa shape index (κ3) is 3.76. The van der Waals surface area contributed by atoms with Crippen molar-refractivity contribution in [3.05, 3.63) is 41.4 Å². The molecule has 1 aliphatic heterocycles. The molecule has 2 unspecified atom stereocenters. The van der Waals surface area contributed by atoms with Gasteiger partial charge in [-0.3, -0.25) is 4.79 Å². The van der Waals surface area contributed by atoms with E-state index in [1.165, 1.54) is 0 Å². The molecule has 0 fully saturated rings. The van der Waals surface area contributed by atoms with Crippen LogP contribution in [-0.2, 0) is 16.0 Å². The Morgan fingerprint density at radius 1 is 1.57 bits per heavy atom. The second-order valence-corrected chi connectivity index (χ2v) is 5.26. The third-order valence-corrected chi connectivity index (χ3v) is 3.50. The molecule has 1 aliphatic rings. The van der Waals surface area contributed by atoms with E-state index in [4.69, 9.17) is 21.4 Å². The molecule has 1 aromatic carbocycles. The summed E-state index contributed by atoms with van der Waals surface area (Å²) >= 11 is 5.89. The van der Waals surface area contributed by atoms with Crippen LogP contribution in [0.25, 0.3) is 0 Å². The number of benzene rings is 1. The average molecular weight is 310 g/mol. The van der Waals surface area contributed by atoms with Gasteiger partial charge in [0, 0.05) is 11.4 Å². The van der Waals surface area contributed by atoms with Crippen LogP contribution in [0, 0.1) is 0 Å². The van der Waals surface area contributed by atoms with E-state index >= 15 is 0 Å². The van der Waals surface area contributed by atoms with Crippen LogP contribution in [0.4, 0.5) is 0 Å². The lowest BCUT2D eigenvalue weighted by atomic mass is 10.1. The summed E-state index contributed by atoms with van der Waals surface area (Å²) in [5.74, 6) is -0.889. The van der Waals surface area contributed by atoms with Gasteiger partial charge in [-0.1, -0.05) is 17.7 Å². The molecule has 2 rings (SSSR count). The van der Waals surface area contributed by atoms with Gasteiger partial charge in [0.1, 0.15) is 11.8 Å². The smallest absolute Gasteiger partial charge is 0.326 e. The topological polar surface area (TPSA) is 75.6 Å². The standard InChI is InChI=1S/C15H16ClNO4/c1-2-3-4-11(15(19)20)17-14(18)13-8-9-7-10(16)5-6-12(9)21-13/h2,5-7,11,13H,1,3-4,8H2,(H,17,18)(H,19,20). The highest BCUT2D eigenvalue weighted by molar-refractivity contribution is 6.30. The molecule has 0 radical (unpaired) electrons. The minimum Gasteiger partial charge on any atom is -0.480 e. The van der Waals surface area contributed by atoms with Crippen molar-refractivity contribution < 1.29 is 19.4 Å². The number of aliphatic carboxylic acids is 1. The summed E-state index contributed by atoms with van der Waals surface area (Å²) in [7, 11) is 0. The van der Waals surface area contributed by atoms with Crippen LogP contribution in [0.15, 0.2) is 30.9 Å². The molecule has 0 saturated carbocycles. The van der Waals surface area contributed by atoms with Crippen molar-refractivity contribution in [1.82, 2.24) is 5.32 Å². The van der Waals surface area contributed by atoms with Gasteiger partial charge in [0.05, 0.1) is 0 Å². The molecule has 0 spiro atoms. The van der Waals surface area contributed by atoms with Gasteiger partial charge in [0.15, 0.2) is 6.10 Å². The van der Waals surface area contributed by atoms with Gasteiger partial charge in [0.2, 0.25) is 0 Å². The first-order chi connectivity index (χ1) is 10.0. The van der Waals surface area contributed by atoms with Gasteiger partial charge < -0.3 is 15.2 Å². The molecular weight excluding hydrogens is 294 g/mol. The Bertz CT molecular complexity index is 573. The Kier molecular flexibility index (Phi) is 4.85. The average Bonchev–Trinajstić information content (AvgIpc) is 2.85. The van der Waals surface area contributed by atoms with E-state index in [2.05, 4.69) is 11.9 Å². The number of carbonyl (C=O) groups excluding carboxylic acids is 1. The summed E-state index contributed by atoms with van der Waals surface area (Å²) in [6.07, 6.45) is 2.10.